The number of nitrogens with zero attached hydrogens (tertiary/aromatic N) is 3. The number of hydrogen-bond donors (Lipinski definition) is 1. The molecule has 1 saturated carbocycles. The highest BCUT2D eigenvalue weighted by atomic mass is 16.3. The summed E-state index contributed by atoms with van der Waals surface area (Å²) in [5, 5.41) is 10.2. The summed E-state index contributed by atoms with van der Waals surface area (Å²) in [5.41, 5.74) is 0. The highest BCUT2D eigenvalue weighted by Gasteiger charge is 2.38. The first-order chi connectivity index (χ1) is 8.75. The minimum absolute atomic E-state index is 0.0760. The van der Waals surface area contributed by atoms with E-state index in [0.29, 0.717) is 12.0 Å². The largest absolute Gasteiger partial charge is 0.393 e. The van der Waals surface area contributed by atoms with E-state index in [1.807, 2.05) is 12.4 Å². The molecular formula is C14H23N3O. The molecule has 2 heterocycles. The first kappa shape index (κ1) is 12.2. The maximum absolute atomic E-state index is 10.2. The van der Waals surface area contributed by atoms with Gasteiger partial charge in [-0.25, -0.2) is 4.98 Å². The predicted octanol–water partition coefficient (Wildman–Crippen LogP) is 1.55. The van der Waals surface area contributed by atoms with E-state index in [-0.39, 0.29) is 6.10 Å². The summed E-state index contributed by atoms with van der Waals surface area (Å²) in [5.74, 6) is 1.63. The Bertz CT molecular complexity index is 403. The third kappa shape index (κ3) is 2.19. The number of imidazole rings is 1. The van der Waals surface area contributed by atoms with Gasteiger partial charge in [-0.1, -0.05) is 12.8 Å². The van der Waals surface area contributed by atoms with Crippen LogP contribution < -0.4 is 0 Å². The van der Waals surface area contributed by atoms with Gasteiger partial charge in [-0.15, -0.1) is 0 Å². The van der Waals surface area contributed by atoms with Gasteiger partial charge in [0.15, 0.2) is 0 Å². The SMILES string of the molecule is Cn1ccnc1CN1CCC(O)C2CCCCC21. The van der Waals surface area contributed by atoms with Crippen LogP contribution >= 0.6 is 0 Å². The highest BCUT2D eigenvalue weighted by Crippen LogP contribution is 2.36. The molecule has 3 atom stereocenters. The summed E-state index contributed by atoms with van der Waals surface area (Å²) < 4.78 is 2.10. The Kier molecular flexibility index (Phi) is 3.39. The van der Waals surface area contributed by atoms with Crippen LogP contribution in [0.3, 0.4) is 0 Å². The van der Waals surface area contributed by atoms with Crippen molar-refractivity contribution >= 4 is 0 Å². The van der Waals surface area contributed by atoms with Gasteiger partial charge in [-0.2, -0.15) is 0 Å². The second kappa shape index (κ2) is 5.02. The summed E-state index contributed by atoms with van der Waals surface area (Å²) in [6, 6.07) is 0.569. The van der Waals surface area contributed by atoms with Crippen LogP contribution in [-0.4, -0.2) is 38.2 Å². The molecular weight excluding hydrogens is 226 g/mol. The van der Waals surface area contributed by atoms with E-state index < -0.39 is 0 Å². The number of aryl methyl sites for hydroxylation is 1. The van der Waals surface area contributed by atoms with E-state index in [2.05, 4.69) is 21.5 Å². The Morgan fingerprint density at radius 2 is 2.17 bits per heavy atom. The summed E-state index contributed by atoms with van der Waals surface area (Å²) in [6.07, 6.45) is 9.76. The number of aliphatic hydroxyl groups excluding tert-OH is 1. The number of fused-ring (bicyclic) bond motifs is 1. The topological polar surface area (TPSA) is 41.3 Å². The van der Waals surface area contributed by atoms with Crippen LogP contribution in [0.25, 0.3) is 0 Å². The standard InChI is InChI=1S/C14H23N3O/c1-16-9-7-15-14(16)10-17-8-6-13(18)11-4-2-3-5-12(11)17/h7,9,11-13,18H,2-6,8,10H2,1H3. The Morgan fingerprint density at radius 3 is 2.94 bits per heavy atom. The first-order valence-electron chi connectivity index (χ1n) is 7.14. The maximum Gasteiger partial charge on any atom is 0.122 e. The van der Waals surface area contributed by atoms with Crippen molar-refractivity contribution in [3.8, 4) is 0 Å². The van der Waals surface area contributed by atoms with Gasteiger partial charge in [0.1, 0.15) is 5.82 Å². The molecule has 1 aromatic rings. The molecule has 0 aromatic carbocycles. The number of likely N-dealkylation sites (tertiary alicyclic amines) is 1. The number of aliphatic hydroxyl groups is 1. The highest BCUT2D eigenvalue weighted by molar-refractivity contribution is 4.97. The summed E-state index contributed by atoms with van der Waals surface area (Å²) >= 11 is 0. The van der Waals surface area contributed by atoms with Gasteiger partial charge in [0.2, 0.25) is 0 Å². The van der Waals surface area contributed by atoms with Crippen LogP contribution in [0.1, 0.15) is 37.9 Å². The van der Waals surface area contributed by atoms with E-state index in [9.17, 15) is 5.11 Å². The van der Waals surface area contributed by atoms with Crippen LogP contribution in [-0.2, 0) is 13.6 Å². The fourth-order valence-corrected chi connectivity index (χ4v) is 3.65. The van der Waals surface area contributed by atoms with Crippen molar-refractivity contribution < 1.29 is 5.11 Å². The molecule has 1 saturated heterocycles. The Morgan fingerprint density at radius 1 is 1.33 bits per heavy atom. The summed E-state index contributed by atoms with van der Waals surface area (Å²) in [7, 11) is 2.06. The minimum atomic E-state index is -0.0760. The lowest BCUT2D eigenvalue weighted by Gasteiger charge is -2.46. The van der Waals surface area contributed by atoms with Crippen molar-refractivity contribution in [2.75, 3.05) is 6.54 Å². The molecule has 1 aromatic heterocycles. The fourth-order valence-electron chi connectivity index (χ4n) is 3.65. The van der Waals surface area contributed by atoms with Crippen LogP contribution in [0.5, 0.6) is 0 Å². The molecule has 18 heavy (non-hydrogen) atoms. The van der Waals surface area contributed by atoms with Crippen LogP contribution in [0, 0.1) is 5.92 Å². The first-order valence-corrected chi connectivity index (χ1v) is 7.14. The molecule has 1 N–H and O–H groups in total. The van der Waals surface area contributed by atoms with Crippen molar-refractivity contribution in [2.24, 2.45) is 13.0 Å². The molecule has 1 aliphatic heterocycles. The van der Waals surface area contributed by atoms with E-state index in [1.54, 1.807) is 0 Å². The van der Waals surface area contributed by atoms with Crippen LogP contribution in [0.2, 0.25) is 0 Å². The third-order valence-corrected chi connectivity index (χ3v) is 4.72. The molecule has 3 rings (SSSR count). The van der Waals surface area contributed by atoms with E-state index >= 15 is 0 Å². The number of rotatable bonds is 2. The lowest BCUT2D eigenvalue weighted by Crippen LogP contribution is -2.52. The quantitative estimate of drug-likeness (QED) is 0.864. The zero-order valence-corrected chi connectivity index (χ0v) is 11.1. The Labute approximate surface area is 109 Å². The molecule has 4 nitrogen and oxygen atoms in total. The fraction of sp³-hybridized carbons (Fsp3) is 0.786. The molecule has 2 fully saturated rings. The zero-order chi connectivity index (χ0) is 12.5. The number of piperidine rings is 1. The smallest absolute Gasteiger partial charge is 0.122 e. The zero-order valence-electron chi connectivity index (χ0n) is 11.1. The number of aromatic nitrogens is 2. The lowest BCUT2D eigenvalue weighted by atomic mass is 9.76. The summed E-state index contributed by atoms with van der Waals surface area (Å²) in [4.78, 5) is 6.97. The predicted molar refractivity (Wildman–Crippen MR) is 70.0 cm³/mol. The van der Waals surface area contributed by atoms with Crippen molar-refractivity contribution in [3.05, 3.63) is 18.2 Å². The minimum Gasteiger partial charge on any atom is -0.393 e. The normalized spacial score (nSPS) is 33.3. The average Bonchev–Trinajstić information content (AvgIpc) is 2.79. The van der Waals surface area contributed by atoms with Gasteiger partial charge in [0.05, 0.1) is 12.6 Å². The van der Waals surface area contributed by atoms with Gasteiger partial charge >= 0.3 is 0 Å². The molecule has 0 bridgehead atoms. The second-order valence-corrected chi connectivity index (χ2v) is 5.80. The van der Waals surface area contributed by atoms with Gasteiger partial charge in [0, 0.05) is 37.9 Å². The van der Waals surface area contributed by atoms with E-state index in [4.69, 9.17) is 0 Å². The molecule has 3 unspecified atom stereocenters. The van der Waals surface area contributed by atoms with E-state index in [0.717, 1.165) is 25.3 Å². The lowest BCUT2D eigenvalue weighted by molar-refractivity contribution is -0.0404. The van der Waals surface area contributed by atoms with Crippen molar-refractivity contribution in [1.29, 1.82) is 0 Å². The van der Waals surface area contributed by atoms with Gasteiger partial charge in [-0.3, -0.25) is 4.90 Å². The molecule has 4 heteroatoms. The monoisotopic (exact) mass is 249 g/mol. The van der Waals surface area contributed by atoms with Crippen LogP contribution in [0.15, 0.2) is 12.4 Å². The van der Waals surface area contributed by atoms with Crippen molar-refractivity contribution in [1.82, 2.24) is 14.5 Å². The van der Waals surface area contributed by atoms with E-state index in [1.165, 1.54) is 25.7 Å². The van der Waals surface area contributed by atoms with Gasteiger partial charge in [0.25, 0.3) is 0 Å². The van der Waals surface area contributed by atoms with Gasteiger partial charge < -0.3 is 9.67 Å². The Balaban J connectivity index is 1.73. The third-order valence-electron chi connectivity index (χ3n) is 4.72. The van der Waals surface area contributed by atoms with Crippen molar-refractivity contribution in [3.63, 3.8) is 0 Å². The number of hydrogen-bond acceptors (Lipinski definition) is 3. The van der Waals surface area contributed by atoms with Crippen LogP contribution in [0.4, 0.5) is 0 Å². The molecule has 0 radical (unpaired) electrons. The summed E-state index contributed by atoms with van der Waals surface area (Å²) in [6.45, 7) is 1.94. The second-order valence-electron chi connectivity index (χ2n) is 5.80. The molecule has 100 valence electrons. The molecule has 0 amide bonds. The maximum atomic E-state index is 10.2. The van der Waals surface area contributed by atoms with Crippen molar-refractivity contribution in [2.45, 2.75) is 50.8 Å². The van der Waals surface area contributed by atoms with Gasteiger partial charge in [-0.05, 0) is 19.3 Å². The average molecular weight is 249 g/mol. The Hall–Kier alpha value is -0.870. The molecule has 2 aliphatic rings. The molecule has 1 aliphatic carbocycles. The molecule has 0 spiro atoms.